The first-order valence-corrected chi connectivity index (χ1v) is 4.73. The van der Waals surface area contributed by atoms with Crippen LogP contribution in [0.4, 0.5) is 0 Å². The molecule has 0 unspecified atom stereocenters. The average Bonchev–Trinajstić information content (AvgIpc) is 2.69. The fraction of sp³-hybridized carbons (Fsp3) is 0.667. The van der Waals surface area contributed by atoms with Crippen LogP contribution in [0.25, 0.3) is 0 Å². The average molecular weight is 199 g/mol. The summed E-state index contributed by atoms with van der Waals surface area (Å²) in [6, 6.07) is 0. The molecule has 14 heavy (non-hydrogen) atoms. The van der Waals surface area contributed by atoms with Gasteiger partial charge in [0.15, 0.2) is 0 Å². The van der Waals surface area contributed by atoms with E-state index in [1.165, 1.54) is 6.39 Å². The monoisotopic (exact) mass is 199 g/mol. The maximum atomic E-state index is 11.0. The van der Waals surface area contributed by atoms with Gasteiger partial charge in [-0.05, 0) is 0 Å². The zero-order valence-electron chi connectivity index (χ0n) is 9.07. The van der Waals surface area contributed by atoms with Crippen molar-refractivity contribution in [1.29, 1.82) is 0 Å². The fourth-order valence-corrected chi connectivity index (χ4v) is 0.640. The molecule has 0 aliphatic heterocycles. The van der Waals surface area contributed by atoms with E-state index in [4.69, 9.17) is 4.42 Å². The van der Waals surface area contributed by atoms with E-state index in [9.17, 15) is 4.79 Å². The minimum Gasteiger partial charge on any atom is -0.426 e. The summed E-state index contributed by atoms with van der Waals surface area (Å²) >= 11 is 0. The Morgan fingerprint density at radius 1 is 1.57 bits per heavy atom. The molecule has 0 atom stereocenters. The molecule has 1 rings (SSSR count). The highest BCUT2D eigenvalue weighted by molar-refractivity contribution is 5.77. The van der Waals surface area contributed by atoms with Crippen LogP contribution in [0.1, 0.15) is 33.6 Å². The molecule has 1 heterocycles. The molecular weight excluding hydrogens is 182 g/mol. The summed E-state index contributed by atoms with van der Waals surface area (Å²) in [4.78, 5) is 11.0. The number of amides is 1. The summed E-state index contributed by atoms with van der Waals surface area (Å²) < 4.78 is 4.83. The SMILES string of the molecule is CC.CC(C)C(=O)NCc1nnco1. The number of hydrogen-bond acceptors (Lipinski definition) is 4. The lowest BCUT2D eigenvalue weighted by molar-refractivity contribution is -0.124. The predicted octanol–water partition coefficient (Wildman–Crippen LogP) is 1.37. The molecule has 1 aromatic rings. The minimum atomic E-state index is -0.0204. The largest absolute Gasteiger partial charge is 0.426 e. The molecule has 0 aliphatic rings. The minimum absolute atomic E-state index is 0.0202. The van der Waals surface area contributed by atoms with Crippen LogP contribution in [0.2, 0.25) is 0 Å². The Morgan fingerprint density at radius 3 is 2.64 bits per heavy atom. The molecule has 0 spiro atoms. The van der Waals surface area contributed by atoms with Crippen LogP contribution in [0.3, 0.4) is 0 Å². The zero-order valence-corrected chi connectivity index (χ0v) is 9.07. The molecule has 0 fully saturated rings. The maximum absolute atomic E-state index is 11.0. The van der Waals surface area contributed by atoms with Gasteiger partial charge in [0.2, 0.25) is 18.2 Å². The molecule has 0 aliphatic carbocycles. The highest BCUT2D eigenvalue weighted by Crippen LogP contribution is 1.94. The van der Waals surface area contributed by atoms with Crippen LogP contribution in [0.5, 0.6) is 0 Å². The van der Waals surface area contributed by atoms with E-state index in [1.54, 1.807) is 0 Å². The number of nitrogens with zero attached hydrogens (tertiary/aromatic N) is 2. The van der Waals surface area contributed by atoms with E-state index in [1.807, 2.05) is 27.7 Å². The van der Waals surface area contributed by atoms with E-state index in [0.717, 1.165) is 0 Å². The lowest BCUT2D eigenvalue weighted by Gasteiger charge is -2.03. The molecule has 0 radical (unpaired) electrons. The van der Waals surface area contributed by atoms with Gasteiger partial charge in [-0.25, -0.2) is 0 Å². The highest BCUT2D eigenvalue weighted by Gasteiger charge is 2.07. The molecule has 5 heteroatoms. The molecule has 5 nitrogen and oxygen atoms in total. The summed E-state index contributed by atoms with van der Waals surface area (Å²) in [7, 11) is 0. The van der Waals surface area contributed by atoms with Crippen molar-refractivity contribution >= 4 is 5.91 Å². The lowest BCUT2D eigenvalue weighted by atomic mass is 10.2. The maximum Gasteiger partial charge on any atom is 0.235 e. The van der Waals surface area contributed by atoms with Crippen LogP contribution < -0.4 is 5.32 Å². The number of hydrogen-bond donors (Lipinski definition) is 1. The third-order valence-corrected chi connectivity index (χ3v) is 1.34. The van der Waals surface area contributed by atoms with Gasteiger partial charge in [0.1, 0.15) is 0 Å². The second kappa shape index (κ2) is 7.06. The first-order valence-electron chi connectivity index (χ1n) is 4.73. The first kappa shape index (κ1) is 12.6. The Balaban J connectivity index is 0.000000791. The topological polar surface area (TPSA) is 68.0 Å². The van der Waals surface area contributed by atoms with Crippen molar-refractivity contribution in [1.82, 2.24) is 15.5 Å². The zero-order chi connectivity index (χ0) is 11.0. The van der Waals surface area contributed by atoms with Crippen molar-refractivity contribution in [3.63, 3.8) is 0 Å². The van der Waals surface area contributed by atoms with Crippen molar-refractivity contribution in [2.24, 2.45) is 5.92 Å². The first-order chi connectivity index (χ1) is 6.70. The van der Waals surface area contributed by atoms with Crippen molar-refractivity contribution in [2.45, 2.75) is 34.2 Å². The van der Waals surface area contributed by atoms with Crippen molar-refractivity contribution < 1.29 is 9.21 Å². The molecule has 0 saturated heterocycles. The Kier molecular flexibility index (Phi) is 6.36. The number of nitrogens with one attached hydrogen (secondary N) is 1. The molecule has 0 bridgehead atoms. The third kappa shape index (κ3) is 4.59. The Morgan fingerprint density at radius 2 is 2.21 bits per heavy atom. The van der Waals surface area contributed by atoms with E-state index >= 15 is 0 Å². The van der Waals surface area contributed by atoms with Gasteiger partial charge in [-0.15, -0.1) is 10.2 Å². The Bertz CT molecular complexity index is 245. The van der Waals surface area contributed by atoms with Gasteiger partial charge in [-0.1, -0.05) is 27.7 Å². The third-order valence-electron chi connectivity index (χ3n) is 1.34. The molecule has 80 valence electrons. The highest BCUT2D eigenvalue weighted by atomic mass is 16.4. The Hall–Kier alpha value is -1.39. The van der Waals surface area contributed by atoms with E-state index in [2.05, 4.69) is 15.5 Å². The second-order valence-corrected chi connectivity index (χ2v) is 2.70. The van der Waals surface area contributed by atoms with Gasteiger partial charge >= 0.3 is 0 Å². The number of aromatic nitrogens is 2. The fourth-order valence-electron chi connectivity index (χ4n) is 0.640. The van der Waals surface area contributed by atoms with Crippen molar-refractivity contribution in [2.75, 3.05) is 0 Å². The predicted molar refractivity (Wildman–Crippen MR) is 52.3 cm³/mol. The van der Waals surface area contributed by atoms with E-state index in [-0.39, 0.29) is 11.8 Å². The summed E-state index contributed by atoms with van der Waals surface area (Å²) in [6.07, 6.45) is 1.23. The van der Waals surface area contributed by atoms with Crippen molar-refractivity contribution in [3.8, 4) is 0 Å². The summed E-state index contributed by atoms with van der Waals surface area (Å²) in [5.41, 5.74) is 0. The molecular formula is C9H17N3O2. The quantitative estimate of drug-likeness (QED) is 0.798. The Labute approximate surface area is 83.9 Å². The van der Waals surface area contributed by atoms with Crippen LogP contribution in [-0.2, 0) is 11.3 Å². The van der Waals surface area contributed by atoms with Gasteiger partial charge in [0.05, 0.1) is 6.54 Å². The van der Waals surface area contributed by atoms with Crippen LogP contribution in [0.15, 0.2) is 10.8 Å². The number of carbonyl (C=O) groups is 1. The number of carbonyl (C=O) groups excluding carboxylic acids is 1. The van der Waals surface area contributed by atoms with Gasteiger partial charge in [0, 0.05) is 5.92 Å². The molecule has 1 N–H and O–H groups in total. The molecule has 0 aromatic carbocycles. The smallest absolute Gasteiger partial charge is 0.235 e. The number of rotatable bonds is 3. The molecule has 1 amide bonds. The normalized spacial score (nSPS) is 9.21. The van der Waals surface area contributed by atoms with Crippen LogP contribution in [-0.4, -0.2) is 16.1 Å². The molecule has 0 saturated carbocycles. The van der Waals surface area contributed by atoms with Crippen molar-refractivity contribution in [3.05, 3.63) is 12.3 Å². The van der Waals surface area contributed by atoms with E-state index in [0.29, 0.717) is 12.4 Å². The van der Waals surface area contributed by atoms with Gasteiger partial charge < -0.3 is 9.73 Å². The summed E-state index contributed by atoms with van der Waals surface area (Å²) in [5, 5.41) is 9.74. The molecule has 1 aromatic heterocycles. The van der Waals surface area contributed by atoms with Gasteiger partial charge in [-0.2, -0.15) is 0 Å². The summed E-state index contributed by atoms with van der Waals surface area (Å²) in [5.74, 6) is 0.380. The van der Waals surface area contributed by atoms with Crippen LogP contribution in [0, 0.1) is 5.92 Å². The second-order valence-electron chi connectivity index (χ2n) is 2.70. The van der Waals surface area contributed by atoms with E-state index < -0.39 is 0 Å². The van der Waals surface area contributed by atoms with Gasteiger partial charge in [0.25, 0.3) is 0 Å². The standard InChI is InChI=1S/C7H11N3O2.C2H6/c1-5(2)7(11)8-3-6-10-9-4-12-6;1-2/h4-5H,3H2,1-2H3,(H,8,11);1-2H3. The van der Waals surface area contributed by atoms with Crippen LogP contribution >= 0.6 is 0 Å². The lowest BCUT2D eigenvalue weighted by Crippen LogP contribution is -2.27. The van der Waals surface area contributed by atoms with Gasteiger partial charge in [-0.3, -0.25) is 4.79 Å². The summed E-state index contributed by atoms with van der Waals surface area (Å²) in [6.45, 7) is 7.95.